The summed E-state index contributed by atoms with van der Waals surface area (Å²) in [7, 11) is 0. The molecule has 4 heteroatoms. The first-order valence-corrected chi connectivity index (χ1v) is 21.8. The van der Waals surface area contributed by atoms with Crippen LogP contribution in [0.5, 0.6) is 0 Å². The van der Waals surface area contributed by atoms with Crippen molar-refractivity contribution in [1.82, 2.24) is 15.0 Å². The van der Waals surface area contributed by atoms with Crippen molar-refractivity contribution in [2.24, 2.45) is 5.92 Å². The van der Waals surface area contributed by atoms with Gasteiger partial charge >= 0.3 is 0 Å². The van der Waals surface area contributed by atoms with E-state index in [4.69, 9.17) is 15.0 Å². The molecule has 2 aliphatic carbocycles. The molecule has 63 heavy (non-hydrogen) atoms. The van der Waals surface area contributed by atoms with E-state index in [-0.39, 0.29) is 11.8 Å². The molecule has 1 aromatic heterocycles. The highest BCUT2D eigenvalue weighted by Gasteiger charge is 2.56. The molecule has 0 saturated heterocycles. The van der Waals surface area contributed by atoms with Gasteiger partial charge in [0.05, 0.1) is 16.8 Å². The maximum atomic E-state index is 5.55. The first kappa shape index (κ1) is 36.9. The molecular formula is C59H42N4. The van der Waals surface area contributed by atoms with Crippen LogP contribution in [-0.4, -0.2) is 15.0 Å². The number of benzene rings is 8. The predicted molar refractivity (Wildman–Crippen MR) is 257 cm³/mol. The number of rotatable bonds is 6. The highest BCUT2D eigenvalue weighted by molar-refractivity contribution is 5.98. The molecule has 8 aromatic carbocycles. The second kappa shape index (κ2) is 14.9. The maximum absolute atomic E-state index is 5.55. The first-order valence-electron chi connectivity index (χ1n) is 21.8. The smallest absolute Gasteiger partial charge is 0.163 e. The van der Waals surface area contributed by atoms with E-state index in [9.17, 15) is 0 Å². The van der Waals surface area contributed by atoms with Gasteiger partial charge in [-0.1, -0.05) is 207 Å². The Kier molecular flexibility index (Phi) is 8.72. The summed E-state index contributed by atoms with van der Waals surface area (Å²) in [5, 5.41) is 0. The molecule has 2 unspecified atom stereocenters. The lowest BCUT2D eigenvalue weighted by atomic mass is 9.59. The zero-order valence-electron chi connectivity index (χ0n) is 34.8. The number of hydrogen-bond acceptors (Lipinski definition) is 4. The Labute approximate surface area is 368 Å². The summed E-state index contributed by atoms with van der Waals surface area (Å²) in [5.74, 6) is 1.98. The lowest BCUT2D eigenvalue weighted by molar-refractivity contribution is 0.523. The second-order valence-corrected chi connectivity index (χ2v) is 16.8. The zero-order valence-corrected chi connectivity index (χ0v) is 34.8. The third kappa shape index (κ3) is 5.86. The van der Waals surface area contributed by atoms with Crippen LogP contribution in [0.25, 0.3) is 50.6 Å². The average Bonchev–Trinajstić information content (AvgIpc) is 3.65. The summed E-state index contributed by atoms with van der Waals surface area (Å²) in [6, 6.07) is 76.1. The van der Waals surface area contributed by atoms with Crippen molar-refractivity contribution in [3.63, 3.8) is 0 Å². The van der Waals surface area contributed by atoms with Gasteiger partial charge in [0, 0.05) is 22.7 Å². The third-order valence-electron chi connectivity index (χ3n) is 13.3. The molecule has 9 aromatic rings. The summed E-state index contributed by atoms with van der Waals surface area (Å²) in [6.07, 6.45) is 4.73. The largest absolute Gasteiger partial charge is 0.310 e. The summed E-state index contributed by atoms with van der Waals surface area (Å²) in [6.45, 7) is 2.32. The lowest BCUT2D eigenvalue weighted by Crippen LogP contribution is -2.40. The SMILES string of the molecule is CC1C=CC2=C(C1c1nc(-c3ccc(-c4ccccc4)cc3)nc(-c3ccc(-c4ccccc4)cc3)n1)C1(c3ccccc32)c2ccccc2N(c2ccccc2)c2ccccc21. The van der Waals surface area contributed by atoms with E-state index >= 15 is 0 Å². The molecule has 0 fully saturated rings. The van der Waals surface area contributed by atoms with Gasteiger partial charge in [0.15, 0.2) is 11.6 Å². The predicted octanol–water partition coefficient (Wildman–Crippen LogP) is 14.4. The monoisotopic (exact) mass is 806 g/mol. The molecule has 0 bridgehead atoms. The van der Waals surface area contributed by atoms with E-state index in [1.165, 1.54) is 55.9 Å². The van der Waals surface area contributed by atoms with E-state index in [1.54, 1.807) is 0 Å². The van der Waals surface area contributed by atoms with Crippen molar-refractivity contribution in [2.75, 3.05) is 4.90 Å². The minimum Gasteiger partial charge on any atom is -0.310 e. The van der Waals surface area contributed by atoms with Crippen molar-refractivity contribution in [2.45, 2.75) is 18.3 Å². The highest BCUT2D eigenvalue weighted by Crippen LogP contribution is 2.66. The lowest BCUT2D eigenvalue weighted by Gasteiger charge is -2.48. The van der Waals surface area contributed by atoms with Crippen LogP contribution in [0.1, 0.15) is 40.9 Å². The van der Waals surface area contributed by atoms with Gasteiger partial charge in [-0.2, -0.15) is 0 Å². The Morgan fingerprint density at radius 2 is 0.841 bits per heavy atom. The maximum Gasteiger partial charge on any atom is 0.163 e. The first-order chi connectivity index (χ1) is 31.2. The van der Waals surface area contributed by atoms with Crippen LogP contribution in [0.15, 0.2) is 230 Å². The average molecular weight is 807 g/mol. The van der Waals surface area contributed by atoms with Crippen LogP contribution in [-0.2, 0) is 5.41 Å². The van der Waals surface area contributed by atoms with Crippen molar-refractivity contribution in [1.29, 1.82) is 0 Å². The van der Waals surface area contributed by atoms with Crippen LogP contribution in [0, 0.1) is 5.92 Å². The quantitative estimate of drug-likeness (QED) is 0.168. The van der Waals surface area contributed by atoms with E-state index in [0.717, 1.165) is 33.8 Å². The Morgan fingerprint density at radius 3 is 1.38 bits per heavy atom. The van der Waals surface area contributed by atoms with Crippen molar-refractivity contribution in [3.05, 3.63) is 258 Å². The van der Waals surface area contributed by atoms with E-state index in [0.29, 0.717) is 11.6 Å². The molecule has 1 aliphatic heterocycles. The molecule has 0 saturated carbocycles. The summed E-state index contributed by atoms with van der Waals surface area (Å²) < 4.78 is 0. The van der Waals surface area contributed by atoms with E-state index in [1.807, 2.05) is 0 Å². The molecule has 0 radical (unpaired) electrons. The third-order valence-corrected chi connectivity index (χ3v) is 13.3. The molecule has 12 rings (SSSR count). The normalized spacial score (nSPS) is 16.6. The van der Waals surface area contributed by atoms with Gasteiger partial charge < -0.3 is 4.90 Å². The number of allylic oxidation sites excluding steroid dienone is 4. The van der Waals surface area contributed by atoms with Crippen molar-refractivity contribution in [3.8, 4) is 45.0 Å². The molecule has 0 N–H and O–H groups in total. The topological polar surface area (TPSA) is 41.9 Å². The summed E-state index contributed by atoms with van der Waals surface area (Å²) >= 11 is 0. The zero-order chi connectivity index (χ0) is 41.9. The molecule has 298 valence electrons. The molecule has 3 aliphatic rings. The standard InChI is InChI=1S/C59H42N4/c1-39-29-38-48-47-23-11-12-24-49(47)59(50-25-13-15-27-52(50)63(46-21-9-4-10-22-46)53-28-16-14-26-51(53)59)55(48)54(39)58-61-56(44-34-30-42(31-35-44)40-17-5-2-6-18-40)60-57(62-58)45-36-32-43(33-37-45)41-19-7-3-8-20-41/h2-39,54H,1H3. The molecule has 1 spiro atoms. The Hall–Kier alpha value is -7.95. The Balaban J connectivity index is 1.09. The fourth-order valence-corrected chi connectivity index (χ4v) is 10.5. The van der Waals surface area contributed by atoms with Crippen LogP contribution in [0.4, 0.5) is 17.1 Å². The van der Waals surface area contributed by atoms with Gasteiger partial charge in [-0.3, -0.25) is 0 Å². The Morgan fingerprint density at radius 1 is 0.413 bits per heavy atom. The number of para-hydroxylation sites is 3. The number of aromatic nitrogens is 3. The van der Waals surface area contributed by atoms with Crippen molar-refractivity contribution < 1.29 is 0 Å². The van der Waals surface area contributed by atoms with Gasteiger partial charge in [-0.15, -0.1) is 0 Å². The highest BCUT2D eigenvalue weighted by atomic mass is 15.2. The van der Waals surface area contributed by atoms with Crippen LogP contribution in [0.2, 0.25) is 0 Å². The van der Waals surface area contributed by atoms with Gasteiger partial charge in [-0.25, -0.2) is 15.0 Å². The number of nitrogens with zero attached hydrogens (tertiary/aromatic N) is 4. The summed E-state index contributed by atoms with van der Waals surface area (Å²) in [5.41, 5.74) is 17.0. The molecule has 2 atom stereocenters. The van der Waals surface area contributed by atoms with Gasteiger partial charge in [-0.05, 0) is 85.8 Å². The second-order valence-electron chi connectivity index (χ2n) is 16.8. The van der Waals surface area contributed by atoms with Crippen molar-refractivity contribution >= 4 is 22.6 Å². The van der Waals surface area contributed by atoms with E-state index in [2.05, 4.69) is 236 Å². The molecule has 0 amide bonds. The van der Waals surface area contributed by atoms with Gasteiger partial charge in [0.1, 0.15) is 5.82 Å². The minimum atomic E-state index is -0.629. The number of fused-ring (bicyclic) bond motifs is 8. The number of hydrogen-bond donors (Lipinski definition) is 0. The minimum absolute atomic E-state index is 0.0745. The van der Waals surface area contributed by atoms with Gasteiger partial charge in [0.2, 0.25) is 0 Å². The Bertz CT molecular complexity index is 3080. The van der Waals surface area contributed by atoms with E-state index < -0.39 is 5.41 Å². The fourth-order valence-electron chi connectivity index (χ4n) is 10.5. The van der Waals surface area contributed by atoms with Crippen LogP contribution < -0.4 is 4.90 Å². The van der Waals surface area contributed by atoms with Gasteiger partial charge in [0.25, 0.3) is 0 Å². The molecule has 4 nitrogen and oxygen atoms in total. The number of anilines is 3. The molecule has 2 heterocycles. The van der Waals surface area contributed by atoms with Crippen LogP contribution >= 0.6 is 0 Å². The molecular weight excluding hydrogens is 765 g/mol. The van der Waals surface area contributed by atoms with Crippen LogP contribution in [0.3, 0.4) is 0 Å². The fraction of sp³-hybridized carbons (Fsp3) is 0.0678. The summed E-state index contributed by atoms with van der Waals surface area (Å²) in [4.78, 5) is 18.8.